The molecule has 0 unspecified atom stereocenters. The Morgan fingerprint density at radius 2 is 1.74 bits per heavy atom. The maximum atomic E-state index is 13.3. The summed E-state index contributed by atoms with van der Waals surface area (Å²) in [7, 11) is -2.26. The molecule has 0 spiro atoms. The maximum Gasteiger partial charge on any atom is 0.284 e. The lowest BCUT2D eigenvalue weighted by Gasteiger charge is -2.36. The topological polar surface area (TPSA) is 91.7 Å². The van der Waals surface area contributed by atoms with Crippen LogP contribution in [0, 0.1) is 5.82 Å². The Morgan fingerprint density at radius 1 is 1.00 bits per heavy atom. The van der Waals surface area contributed by atoms with E-state index in [-0.39, 0.29) is 5.04 Å². The van der Waals surface area contributed by atoms with Gasteiger partial charge in [0, 0.05) is 6.20 Å². The Balaban J connectivity index is 1.94. The second kappa shape index (κ2) is 7.42. The van der Waals surface area contributed by atoms with Crippen LogP contribution in [0.5, 0.6) is 0 Å². The van der Waals surface area contributed by atoms with Crippen LogP contribution >= 0.6 is 0 Å². The van der Waals surface area contributed by atoms with Crippen LogP contribution in [-0.2, 0) is 0 Å². The third kappa shape index (κ3) is 3.88. The number of fused-ring (bicyclic) bond motifs is 1. The first-order chi connectivity index (χ1) is 14.6. The van der Waals surface area contributed by atoms with Crippen molar-refractivity contribution in [3.63, 3.8) is 0 Å². The van der Waals surface area contributed by atoms with Crippen molar-refractivity contribution >= 4 is 25.3 Å². The van der Waals surface area contributed by atoms with Crippen molar-refractivity contribution in [2.75, 3.05) is 5.73 Å². The Hall–Kier alpha value is -3.33. The van der Waals surface area contributed by atoms with Gasteiger partial charge < -0.3 is 10.3 Å². The summed E-state index contributed by atoms with van der Waals surface area (Å²) >= 11 is 0. The number of nitrogens with zero attached hydrogens (tertiary/aromatic N) is 5. The highest BCUT2D eigenvalue weighted by Crippen LogP contribution is 2.37. The zero-order valence-electron chi connectivity index (χ0n) is 18.2. The van der Waals surface area contributed by atoms with Crippen LogP contribution in [0.2, 0.25) is 18.1 Å². The number of halogens is 1. The molecule has 0 aliphatic rings. The lowest BCUT2D eigenvalue weighted by Crippen LogP contribution is -2.48. The molecule has 0 aliphatic heterocycles. The van der Waals surface area contributed by atoms with Crippen LogP contribution in [-0.4, -0.2) is 33.0 Å². The Morgan fingerprint density at radius 3 is 2.39 bits per heavy atom. The minimum Gasteiger partial charge on any atom is -0.466 e. The summed E-state index contributed by atoms with van der Waals surface area (Å²) in [6.45, 7) is 10.8. The number of nitrogen functional groups attached to an aromatic ring is 1. The van der Waals surface area contributed by atoms with E-state index in [2.05, 4.69) is 43.8 Å². The van der Waals surface area contributed by atoms with Crippen LogP contribution in [0.4, 0.5) is 10.2 Å². The smallest absolute Gasteiger partial charge is 0.284 e. The van der Waals surface area contributed by atoms with E-state index in [0.29, 0.717) is 39.8 Å². The number of pyridine rings is 3. The summed E-state index contributed by atoms with van der Waals surface area (Å²) in [6, 6.07) is 10.3. The molecule has 4 aromatic rings. The predicted molar refractivity (Wildman–Crippen MR) is 122 cm³/mol. The maximum absolute atomic E-state index is 13.3. The zero-order valence-corrected chi connectivity index (χ0v) is 19.2. The molecule has 0 radical (unpaired) electrons. The van der Waals surface area contributed by atoms with E-state index in [1.807, 2.05) is 24.3 Å². The van der Waals surface area contributed by atoms with Gasteiger partial charge in [0.25, 0.3) is 8.32 Å². The van der Waals surface area contributed by atoms with Gasteiger partial charge in [0.05, 0.1) is 23.1 Å². The van der Waals surface area contributed by atoms with Gasteiger partial charge in [-0.2, -0.15) is 4.73 Å². The van der Waals surface area contributed by atoms with E-state index >= 15 is 0 Å². The molecular formula is C22H25FN6OSi. The molecule has 0 atom stereocenters. The summed E-state index contributed by atoms with van der Waals surface area (Å²) in [5, 5.41) is -0.0442. The van der Waals surface area contributed by atoms with E-state index in [9.17, 15) is 4.39 Å². The molecule has 0 fully saturated rings. The highest BCUT2D eigenvalue weighted by molar-refractivity contribution is 6.74. The summed E-state index contributed by atoms with van der Waals surface area (Å²) in [5.41, 5.74) is 9.18. The number of imidazole rings is 1. The molecule has 0 amide bonds. The Bertz CT molecular complexity index is 1250. The average Bonchev–Trinajstić information content (AvgIpc) is 3.05. The van der Waals surface area contributed by atoms with Gasteiger partial charge >= 0.3 is 0 Å². The van der Waals surface area contributed by atoms with Gasteiger partial charge in [-0.25, -0.2) is 19.3 Å². The fourth-order valence-electron chi connectivity index (χ4n) is 2.84. The van der Waals surface area contributed by atoms with Gasteiger partial charge in [0.2, 0.25) is 0 Å². The molecular weight excluding hydrogens is 411 g/mol. The van der Waals surface area contributed by atoms with E-state index in [1.54, 1.807) is 17.0 Å². The van der Waals surface area contributed by atoms with Crippen LogP contribution in [0.25, 0.3) is 33.9 Å². The van der Waals surface area contributed by atoms with Gasteiger partial charge in [0.15, 0.2) is 11.5 Å². The summed E-state index contributed by atoms with van der Waals surface area (Å²) in [6.07, 6.45) is 2.81. The van der Waals surface area contributed by atoms with E-state index in [4.69, 9.17) is 20.2 Å². The zero-order chi connectivity index (χ0) is 22.4. The van der Waals surface area contributed by atoms with Crippen molar-refractivity contribution in [1.29, 1.82) is 0 Å². The Kier molecular flexibility index (Phi) is 5.01. The summed E-state index contributed by atoms with van der Waals surface area (Å²) in [4.78, 5) is 17.9. The van der Waals surface area contributed by atoms with Gasteiger partial charge in [-0.05, 0) is 54.5 Å². The largest absolute Gasteiger partial charge is 0.466 e. The number of nitrogens with two attached hydrogens (primary N) is 1. The number of hydrogen-bond acceptors (Lipinski definition) is 6. The first kappa shape index (κ1) is 20.9. The second-order valence-corrected chi connectivity index (χ2v) is 13.6. The lowest BCUT2D eigenvalue weighted by molar-refractivity contribution is 0.264. The summed E-state index contributed by atoms with van der Waals surface area (Å²) < 4.78 is 21.6. The van der Waals surface area contributed by atoms with Crippen molar-refractivity contribution in [1.82, 2.24) is 24.7 Å². The molecule has 0 saturated heterocycles. The van der Waals surface area contributed by atoms with Crippen LogP contribution < -0.4 is 10.3 Å². The van der Waals surface area contributed by atoms with Gasteiger partial charge in [-0.1, -0.05) is 20.8 Å². The highest BCUT2D eigenvalue weighted by Gasteiger charge is 2.41. The standard InChI is InChI=1S/C22H25FN6OSi/c1-22(2,3)31(4,5)30-29-20(15-7-6-12-25-19(15)24)28-18-11-10-17(27-21(18)29)16-9-8-14(23)13-26-16/h6-13H,1-5H3,(H2,24,25). The lowest BCUT2D eigenvalue weighted by atomic mass is 10.2. The molecule has 31 heavy (non-hydrogen) atoms. The SMILES string of the molecule is CC(C)(C)[Si](C)(C)On1c(-c2cccnc2N)nc2ccc(-c3ccc(F)cn3)nc21. The third-order valence-electron chi connectivity index (χ3n) is 5.66. The van der Waals surface area contributed by atoms with Crippen LogP contribution in [0.1, 0.15) is 20.8 Å². The van der Waals surface area contributed by atoms with Crippen molar-refractivity contribution in [2.24, 2.45) is 0 Å². The molecule has 160 valence electrons. The number of hydrogen-bond donors (Lipinski definition) is 1. The Labute approximate surface area is 181 Å². The van der Waals surface area contributed by atoms with Crippen molar-refractivity contribution in [2.45, 2.75) is 38.9 Å². The molecule has 4 rings (SSSR count). The molecule has 0 saturated carbocycles. The molecule has 7 nitrogen and oxygen atoms in total. The summed E-state index contributed by atoms with van der Waals surface area (Å²) in [5.74, 6) is 0.505. The van der Waals surface area contributed by atoms with Gasteiger partial charge in [-0.15, -0.1) is 0 Å². The average molecular weight is 437 g/mol. The monoisotopic (exact) mass is 436 g/mol. The molecule has 4 aromatic heterocycles. The quantitative estimate of drug-likeness (QED) is 0.466. The van der Waals surface area contributed by atoms with E-state index in [0.717, 1.165) is 0 Å². The second-order valence-electron chi connectivity index (χ2n) is 8.92. The normalized spacial score (nSPS) is 12.3. The molecule has 0 bridgehead atoms. The van der Waals surface area contributed by atoms with Gasteiger partial charge in [0.1, 0.15) is 17.2 Å². The van der Waals surface area contributed by atoms with E-state index < -0.39 is 14.1 Å². The minimum atomic E-state index is -2.26. The van der Waals surface area contributed by atoms with Gasteiger partial charge in [-0.3, -0.25) is 4.98 Å². The molecule has 0 aliphatic carbocycles. The highest BCUT2D eigenvalue weighted by atomic mass is 28.4. The van der Waals surface area contributed by atoms with Crippen LogP contribution in [0.15, 0.2) is 48.8 Å². The number of rotatable bonds is 4. The molecule has 9 heteroatoms. The van der Waals surface area contributed by atoms with E-state index in [1.165, 1.54) is 12.3 Å². The predicted octanol–water partition coefficient (Wildman–Crippen LogP) is 4.71. The van der Waals surface area contributed by atoms with Crippen LogP contribution in [0.3, 0.4) is 0 Å². The fraction of sp³-hybridized carbons (Fsp3) is 0.273. The first-order valence-corrected chi connectivity index (χ1v) is 12.9. The minimum absolute atomic E-state index is 0.0442. The molecule has 4 heterocycles. The molecule has 2 N–H and O–H groups in total. The first-order valence-electron chi connectivity index (χ1n) is 9.98. The van der Waals surface area contributed by atoms with Crippen molar-refractivity contribution in [3.8, 4) is 22.8 Å². The van der Waals surface area contributed by atoms with Crippen molar-refractivity contribution < 1.29 is 8.92 Å². The third-order valence-corrected chi connectivity index (χ3v) is 9.91. The number of anilines is 1. The fourth-order valence-corrected chi connectivity index (χ4v) is 3.74. The van der Waals surface area contributed by atoms with Crippen molar-refractivity contribution in [3.05, 3.63) is 54.6 Å². The number of aromatic nitrogens is 5. The molecule has 0 aromatic carbocycles.